The second-order valence-corrected chi connectivity index (χ2v) is 6.42. The number of nitrogens with zero attached hydrogens (tertiary/aromatic N) is 1. The van der Waals surface area contributed by atoms with Crippen LogP contribution in [0.15, 0.2) is 46.0 Å². The van der Waals surface area contributed by atoms with Crippen LogP contribution in [-0.4, -0.2) is 29.9 Å². The standard InChI is InChI=1S/C15H13BrN2O3S/c16-10-1-4-15(17-8-10)22-9-14(19)18-11-2-3-12-13(7-11)21-6-5-20-12/h1-4,7-8H,5-6,9H2,(H,18,19). The van der Waals surface area contributed by atoms with Crippen LogP contribution in [0.4, 0.5) is 5.69 Å². The van der Waals surface area contributed by atoms with E-state index in [4.69, 9.17) is 9.47 Å². The first-order valence-corrected chi connectivity index (χ1v) is 8.42. The molecule has 1 N–H and O–H groups in total. The normalized spacial score (nSPS) is 12.8. The summed E-state index contributed by atoms with van der Waals surface area (Å²) in [5.74, 6) is 1.57. The maximum Gasteiger partial charge on any atom is 0.234 e. The lowest BCUT2D eigenvalue weighted by molar-refractivity contribution is -0.113. The molecule has 1 aliphatic heterocycles. The van der Waals surface area contributed by atoms with Gasteiger partial charge in [-0.25, -0.2) is 4.98 Å². The monoisotopic (exact) mass is 380 g/mol. The molecule has 1 aliphatic rings. The second-order valence-electron chi connectivity index (χ2n) is 4.51. The third-order valence-electron chi connectivity index (χ3n) is 2.88. The molecule has 0 spiro atoms. The van der Waals surface area contributed by atoms with E-state index in [0.717, 1.165) is 9.50 Å². The third kappa shape index (κ3) is 3.92. The molecule has 114 valence electrons. The summed E-state index contributed by atoms with van der Waals surface area (Å²) in [6, 6.07) is 9.14. The zero-order valence-corrected chi connectivity index (χ0v) is 13.9. The van der Waals surface area contributed by atoms with Gasteiger partial charge in [-0.2, -0.15) is 0 Å². The number of amides is 1. The van der Waals surface area contributed by atoms with Gasteiger partial charge in [0.2, 0.25) is 5.91 Å². The molecular weight excluding hydrogens is 368 g/mol. The maximum atomic E-state index is 12.0. The summed E-state index contributed by atoms with van der Waals surface area (Å²) in [6.07, 6.45) is 1.71. The summed E-state index contributed by atoms with van der Waals surface area (Å²) in [4.78, 5) is 16.2. The topological polar surface area (TPSA) is 60.5 Å². The Morgan fingerprint density at radius 3 is 2.82 bits per heavy atom. The number of anilines is 1. The van der Waals surface area contributed by atoms with E-state index >= 15 is 0 Å². The van der Waals surface area contributed by atoms with Crippen molar-refractivity contribution in [2.45, 2.75) is 5.03 Å². The van der Waals surface area contributed by atoms with E-state index in [1.165, 1.54) is 11.8 Å². The fourth-order valence-electron chi connectivity index (χ4n) is 1.91. The molecule has 5 nitrogen and oxygen atoms in total. The number of carbonyl (C=O) groups is 1. The van der Waals surface area contributed by atoms with Crippen molar-refractivity contribution in [3.63, 3.8) is 0 Å². The van der Waals surface area contributed by atoms with Crippen LogP contribution in [0.3, 0.4) is 0 Å². The number of hydrogen-bond donors (Lipinski definition) is 1. The van der Waals surface area contributed by atoms with Crippen molar-refractivity contribution < 1.29 is 14.3 Å². The Balaban J connectivity index is 1.56. The van der Waals surface area contributed by atoms with Gasteiger partial charge in [-0.05, 0) is 40.2 Å². The van der Waals surface area contributed by atoms with Gasteiger partial charge in [-0.1, -0.05) is 11.8 Å². The smallest absolute Gasteiger partial charge is 0.234 e. The van der Waals surface area contributed by atoms with Gasteiger partial charge in [0.05, 0.1) is 10.8 Å². The van der Waals surface area contributed by atoms with Crippen molar-refractivity contribution >= 4 is 39.3 Å². The first-order chi connectivity index (χ1) is 10.7. The summed E-state index contributed by atoms with van der Waals surface area (Å²) in [7, 11) is 0. The molecule has 1 aromatic carbocycles. The van der Waals surface area contributed by atoms with Crippen molar-refractivity contribution in [1.29, 1.82) is 0 Å². The van der Waals surface area contributed by atoms with Gasteiger partial charge < -0.3 is 14.8 Å². The predicted molar refractivity (Wildman–Crippen MR) is 88.7 cm³/mol. The van der Waals surface area contributed by atoms with E-state index in [1.807, 2.05) is 12.1 Å². The molecule has 1 amide bonds. The van der Waals surface area contributed by atoms with E-state index in [0.29, 0.717) is 36.2 Å². The number of fused-ring (bicyclic) bond motifs is 1. The average molecular weight is 381 g/mol. The lowest BCUT2D eigenvalue weighted by Crippen LogP contribution is -2.17. The van der Waals surface area contributed by atoms with E-state index in [9.17, 15) is 4.79 Å². The lowest BCUT2D eigenvalue weighted by Gasteiger charge is -2.18. The molecule has 0 bridgehead atoms. The van der Waals surface area contributed by atoms with Crippen LogP contribution in [-0.2, 0) is 4.79 Å². The molecule has 2 heterocycles. The number of rotatable bonds is 4. The number of hydrogen-bond acceptors (Lipinski definition) is 5. The molecular formula is C15H13BrN2O3S. The SMILES string of the molecule is O=C(CSc1ccc(Br)cn1)Nc1ccc2c(c1)OCCO2. The number of thioether (sulfide) groups is 1. The van der Waals surface area contributed by atoms with Gasteiger partial charge in [-0.15, -0.1) is 0 Å². The largest absolute Gasteiger partial charge is 0.486 e. The molecule has 7 heteroatoms. The highest BCUT2D eigenvalue weighted by Crippen LogP contribution is 2.32. The second kappa shape index (κ2) is 7.02. The quantitative estimate of drug-likeness (QED) is 0.824. The Morgan fingerprint density at radius 2 is 2.05 bits per heavy atom. The van der Waals surface area contributed by atoms with E-state index in [2.05, 4.69) is 26.2 Å². The van der Waals surface area contributed by atoms with Crippen LogP contribution in [0.25, 0.3) is 0 Å². The Bertz CT molecular complexity index is 679. The average Bonchev–Trinajstić information content (AvgIpc) is 2.54. The van der Waals surface area contributed by atoms with Crippen molar-refractivity contribution in [3.05, 3.63) is 41.0 Å². The molecule has 0 saturated heterocycles. The van der Waals surface area contributed by atoms with Gasteiger partial charge in [-0.3, -0.25) is 4.79 Å². The number of nitrogens with one attached hydrogen (secondary N) is 1. The number of pyridine rings is 1. The molecule has 1 aromatic heterocycles. The fraction of sp³-hybridized carbons (Fsp3) is 0.200. The minimum absolute atomic E-state index is 0.0913. The van der Waals surface area contributed by atoms with Crippen LogP contribution in [0.2, 0.25) is 0 Å². The first-order valence-electron chi connectivity index (χ1n) is 6.64. The van der Waals surface area contributed by atoms with Gasteiger partial charge in [0, 0.05) is 22.4 Å². The van der Waals surface area contributed by atoms with Crippen LogP contribution in [0, 0.1) is 0 Å². The van der Waals surface area contributed by atoms with Crippen molar-refractivity contribution in [1.82, 2.24) is 4.98 Å². The Labute approximate surface area is 140 Å². The summed E-state index contributed by atoms with van der Waals surface area (Å²) in [6.45, 7) is 1.07. The molecule has 2 aromatic rings. The first kappa shape index (κ1) is 15.2. The van der Waals surface area contributed by atoms with Gasteiger partial charge in [0.15, 0.2) is 11.5 Å². The zero-order chi connectivity index (χ0) is 15.4. The number of benzene rings is 1. The Kier molecular flexibility index (Phi) is 4.84. The van der Waals surface area contributed by atoms with E-state index in [1.54, 1.807) is 24.4 Å². The van der Waals surface area contributed by atoms with Crippen LogP contribution < -0.4 is 14.8 Å². The Hall–Kier alpha value is -1.73. The van der Waals surface area contributed by atoms with Gasteiger partial charge in [0.1, 0.15) is 13.2 Å². The molecule has 0 atom stereocenters. The molecule has 0 saturated carbocycles. The third-order valence-corrected chi connectivity index (χ3v) is 4.29. The molecule has 0 radical (unpaired) electrons. The zero-order valence-electron chi connectivity index (χ0n) is 11.5. The minimum Gasteiger partial charge on any atom is -0.486 e. The summed E-state index contributed by atoms with van der Waals surface area (Å²) in [5, 5.41) is 3.65. The number of halogens is 1. The van der Waals surface area contributed by atoms with E-state index in [-0.39, 0.29) is 5.91 Å². The highest BCUT2D eigenvalue weighted by Gasteiger charge is 2.13. The highest BCUT2D eigenvalue weighted by molar-refractivity contribution is 9.10. The Morgan fingerprint density at radius 1 is 1.23 bits per heavy atom. The maximum absolute atomic E-state index is 12.0. The summed E-state index contributed by atoms with van der Waals surface area (Å²) in [5.41, 5.74) is 0.693. The predicted octanol–water partition coefficient (Wildman–Crippen LogP) is 3.35. The lowest BCUT2D eigenvalue weighted by atomic mass is 10.2. The number of aromatic nitrogens is 1. The van der Waals surface area contributed by atoms with Crippen molar-refractivity contribution in [3.8, 4) is 11.5 Å². The van der Waals surface area contributed by atoms with Crippen molar-refractivity contribution in [2.24, 2.45) is 0 Å². The number of carbonyl (C=O) groups excluding carboxylic acids is 1. The minimum atomic E-state index is -0.0913. The van der Waals surface area contributed by atoms with Crippen LogP contribution in [0.5, 0.6) is 11.5 Å². The summed E-state index contributed by atoms with van der Waals surface area (Å²) < 4.78 is 11.8. The van der Waals surface area contributed by atoms with Crippen LogP contribution >= 0.6 is 27.7 Å². The molecule has 3 rings (SSSR count). The van der Waals surface area contributed by atoms with E-state index < -0.39 is 0 Å². The highest BCUT2D eigenvalue weighted by atomic mass is 79.9. The van der Waals surface area contributed by atoms with Crippen molar-refractivity contribution in [2.75, 3.05) is 24.3 Å². The molecule has 0 unspecified atom stereocenters. The van der Waals surface area contributed by atoms with Crippen LogP contribution in [0.1, 0.15) is 0 Å². The van der Waals surface area contributed by atoms with Gasteiger partial charge in [0.25, 0.3) is 0 Å². The molecule has 0 aliphatic carbocycles. The summed E-state index contributed by atoms with van der Waals surface area (Å²) >= 11 is 4.71. The molecule has 22 heavy (non-hydrogen) atoms. The molecule has 0 fully saturated rings. The van der Waals surface area contributed by atoms with Gasteiger partial charge >= 0.3 is 0 Å². The number of ether oxygens (including phenoxy) is 2. The fourth-order valence-corrected chi connectivity index (χ4v) is 2.78.